The summed E-state index contributed by atoms with van der Waals surface area (Å²) in [6.07, 6.45) is 11.1. The molecule has 2 fully saturated rings. The lowest BCUT2D eigenvalue weighted by Crippen LogP contribution is -2.62. The topological polar surface area (TPSA) is 55.8 Å². The van der Waals surface area contributed by atoms with Gasteiger partial charge in [0.05, 0.1) is 12.0 Å². The zero-order valence-electron chi connectivity index (χ0n) is 19.4. The summed E-state index contributed by atoms with van der Waals surface area (Å²) in [6, 6.07) is 0. The highest BCUT2D eigenvalue weighted by atomic mass is 32.2. The molecule has 0 bridgehead atoms. The Bertz CT molecular complexity index is 751. The number of esters is 1. The van der Waals surface area contributed by atoms with Crippen LogP contribution in [0.15, 0.2) is 23.3 Å². The second kappa shape index (κ2) is 9.44. The Morgan fingerprint density at radius 3 is 2.52 bits per heavy atom. The summed E-state index contributed by atoms with van der Waals surface area (Å²) >= 11 is 1.62. The number of amides is 1. The Labute approximate surface area is 193 Å². The summed E-state index contributed by atoms with van der Waals surface area (Å²) in [5.41, 5.74) is 0.407. The van der Waals surface area contributed by atoms with E-state index in [0.29, 0.717) is 12.1 Å². The number of carbonyl (C=O) groups is 2. The third-order valence-electron chi connectivity index (χ3n) is 6.54. The van der Waals surface area contributed by atoms with Crippen LogP contribution in [0.4, 0.5) is 0 Å². The van der Waals surface area contributed by atoms with E-state index in [0.717, 1.165) is 11.3 Å². The van der Waals surface area contributed by atoms with E-state index in [-0.39, 0.29) is 34.9 Å². The lowest BCUT2D eigenvalue weighted by atomic mass is 9.92. The standard InChI is InChI=1S/C24H34NO4SSi/c1-8-15-28-23(27)20-18(14-13-17-11-9-10-12-17)30-22-19(21(26)25(20)22)16(2)29-31(6,7)24(3,4)5/h8-12,16,19,22H,1,13-15H2,2-7H3/t16-,19+,22-/m1/s1. The first-order chi connectivity index (χ1) is 14.5. The van der Waals surface area contributed by atoms with E-state index in [4.69, 9.17) is 9.16 Å². The van der Waals surface area contributed by atoms with Gasteiger partial charge in [0.25, 0.3) is 0 Å². The molecule has 0 N–H and O–H groups in total. The van der Waals surface area contributed by atoms with E-state index in [9.17, 15) is 9.59 Å². The fourth-order valence-electron chi connectivity index (χ4n) is 3.76. The molecule has 0 aromatic carbocycles. The van der Waals surface area contributed by atoms with Crippen LogP contribution in [0.2, 0.25) is 18.1 Å². The largest absolute Gasteiger partial charge is 0.457 e. The predicted molar refractivity (Wildman–Crippen MR) is 127 cm³/mol. The third kappa shape index (κ3) is 4.98. The van der Waals surface area contributed by atoms with E-state index in [1.54, 1.807) is 16.7 Å². The molecule has 1 aliphatic carbocycles. The number of allylic oxidation sites excluding steroid dienone is 1. The van der Waals surface area contributed by atoms with Crippen LogP contribution in [0.1, 0.15) is 40.5 Å². The molecule has 169 valence electrons. The van der Waals surface area contributed by atoms with Gasteiger partial charge in [-0.1, -0.05) is 33.4 Å². The van der Waals surface area contributed by atoms with Crippen LogP contribution in [-0.4, -0.2) is 43.2 Å². The molecule has 1 saturated carbocycles. The minimum Gasteiger partial charge on any atom is -0.457 e. The lowest BCUT2D eigenvalue weighted by Gasteiger charge is -2.48. The van der Waals surface area contributed by atoms with E-state index in [1.807, 2.05) is 19.8 Å². The normalized spacial score (nSPS) is 25.5. The van der Waals surface area contributed by atoms with Crippen LogP contribution in [0.3, 0.4) is 0 Å². The molecule has 0 aromatic heterocycles. The van der Waals surface area contributed by atoms with Crippen molar-refractivity contribution in [1.29, 1.82) is 0 Å². The molecule has 2 aliphatic heterocycles. The predicted octanol–water partition coefficient (Wildman–Crippen LogP) is 5.05. The van der Waals surface area contributed by atoms with Crippen molar-refractivity contribution in [2.75, 3.05) is 6.61 Å². The van der Waals surface area contributed by atoms with Gasteiger partial charge in [0.2, 0.25) is 5.91 Å². The van der Waals surface area contributed by atoms with Crippen LogP contribution in [0.5, 0.6) is 0 Å². The molecule has 3 rings (SSSR count). The van der Waals surface area contributed by atoms with Gasteiger partial charge in [0.1, 0.15) is 17.7 Å². The van der Waals surface area contributed by atoms with Crippen LogP contribution in [0, 0.1) is 37.5 Å². The molecule has 0 unspecified atom stereocenters. The number of hydrogen-bond donors (Lipinski definition) is 0. The SMILES string of the molecule is C=CCOC(=O)C1=C(CC[C]2[CH][CH][CH][CH]2)S[C@@H]2[C@@H]([C@@H](C)O[Si](C)(C)C(C)(C)C)C(=O)N12. The van der Waals surface area contributed by atoms with E-state index in [1.165, 1.54) is 12.0 Å². The number of β-lactam (4-membered cyclic amide) rings is 1. The van der Waals surface area contributed by atoms with Crippen molar-refractivity contribution in [2.24, 2.45) is 5.92 Å². The van der Waals surface area contributed by atoms with Crippen LogP contribution in [-0.2, 0) is 18.8 Å². The van der Waals surface area contributed by atoms with Gasteiger partial charge in [0.15, 0.2) is 8.32 Å². The summed E-state index contributed by atoms with van der Waals surface area (Å²) < 4.78 is 11.8. The van der Waals surface area contributed by atoms with Gasteiger partial charge < -0.3 is 9.16 Å². The zero-order valence-corrected chi connectivity index (χ0v) is 21.3. The monoisotopic (exact) mass is 460 g/mol. The number of fused-ring (bicyclic) bond motifs is 1. The van der Waals surface area contributed by atoms with Crippen molar-refractivity contribution >= 4 is 32.0 Å². The summed E-state index contributed by atoms with van der Waals surface area (Å²) in [4.78, 5) is 28.5. The van der Waals surface area contributed by atoms with Crippen molar-refractivity contribution in [3.8, 4) is 0 Å². The molecular formula is C24H34NO4SSi. The average molecular weight is 461 g/mol. The van der Waals surface area contributed by atoms with Gasteiger partial charge in [-0.3, -0.25) is 9.69 Å². The third-order valence-corrected chi connectivity index (χ3v) is 12.5. The van der Waals surface area contributed by atoms with Crippen LogP contribution >= 0.6 is 11.8 Å². The highest BCUT2D eigenvalue weighted by Gasteiger charge is 2.59. The van der Waals surface area contributed by atoms with Crippen LogP contribution in [0.25, 0.3) is 0 Å². The first kappa shape index (κ1) is 24.6. The summed E-state index contributed by atoms with van der Waals surface area (Å²) in [5, 5.41) is -0.0349. The highest BCUT2D eigenvalue weighted by Crippen LogP contribution is 2.53. The number of thioether (sulfide) groups is 1. The minimum absolute atomic E-state index is 0.0439. The number of rotatable bonds is 9. The molecule has 7 heteroatoms. The Hall–Kier alpha value is -1.05. The summed E-state index contributed by atoms with van der Waals surface area (Å²) in [6.45, 7) is 16.7. The molecule has 3 atom stereocenters. The molecule has 2 heterocycles. The summed E-state index contributed by atoms with van der Waals surface area (Å²) in [7, 11) is -2.01. The molecule has 0 spiro atoms. The number of nitrogens with zero attached hydrogens (tertiary/aromatic N) is 1. The first-order valence-electron chi connectivity index (χ1n) is 10.9. The Balaban J connectivity index is 1.74. The highest BCUT2D eigenvalue weighted by molar-refractivity contribution is 8.04. The van der Waals surface area contributed by atoms with Crippen molar-refractivity contribution in [3.05, 3.63) is 54.9 Å². The molecule has 5 radical (unpaired) electrons. The molecule has 1 saturated heterocycles. The molecule has 3 aliphatic rings. The number of carbonyl (C=O) groups excluding carboxylic acids is 2. The van der Waals surface area contributed by atoms with E-state index < -0.39 is 14.3 Å². The fourth-order valence-corrected chi connectivity index (χ4v) is 6.80. The minimum atomic E-state index is -2.01. The second-order valence-corrected chi connectivity index (χ2v) is 15.7. The van der Waals surface area contributed by atoms with Crippen molar-refractivity contribution < 1.29 is 18.8 Å². The van der Waals surface area contributed by atoms with Gasteiger partial charge in [-0.15, -0.1) is 11.8 Å². The quantitative estimate of drug-likeness (QED) is 0.208. The average Bonchev–Trinajstić information content (AvgIpc) is 3.29. The van der Waals surface area contributed by atoms with Gasteiger partial charge >= 0.3 is 5.97 Å². The summed E-state index contributed by atoms with van der Waals surface area (Å²) in [5.74, 6) is 0.478. The van der Waals surface area contributed by atoms with Gasteiger partial charge in [-0.05, 0) is 69.5 Å². The lowest BCUT2D eigenvalue weighted by molar-refractivity contribution is -0.157. The number of ether oxygens (including phenoxy) is 1. The fraction of sp³-hybridized carbons (Fsp3) is 0.542. The van der Waals surface area contributed by atoms with Gasteiger partial charge in [0, 0.05) is 4.91 Å². The van der Waals surface area contributed by atoms with Crippen molar-refractivity contribution in [1.82, 2.24) is 4.90 Å². The smallest absolute Gasteiger partial charge is 0.356 e. The molecule has 31 heavy (non-hydrogen) atoms. The Morgan fingerprint density at radius 1 is 1.29 bits per heavy atom. The molecule has 5 nitrogen and oxygen atoms in total. The molecular weight excluding hydrogens is 426 g/mol. The maximum atomic E-state index is 13.2. The van der Waals surface area contributed by atoms with Crippen LogP contribution < -0.4 is 0 Å². The zero-order chi connectivity index (χ0) is 23.0. The van der Waals surface area contributed by atoms with E-state index >= 15 is 0 Å². The maximum absolute atomic E-state index is 13.2. The maximum Gasteiger partial charge on any atom is 0.356 e. The van der Waals surface area contributed by atoms with Crippen molar-refractivity contribution in [2.45, 2.75) is 70.1 Å². The first-order valence-corrected chi connectivity index (χ1v) is 14.7. The number of hydrogen-bond acceptors (Lipinski definition) is 5. The van der Waals surface area contributed by atoms with Crippen molar-refractivity contribution in [3.63, 3.8) is 0 Å². The Morgan fingerprint density at radius 2 is 1.94 bits per heavy atom. The van der Waals surface area contributed by atoms with E-state index in [2.05, 4.69) is 53.3 Å². The molecule has 0 aromatic rings. The Kier molecular flexibility index (Phi) is 7.48. The van der Waals surface area contributed by atoms with Gasteiger partial charge in [-0.25, -0.2) is 4.79 Å². The molecule has 1 amide bonds. The van der Waals surface area contributed by atoms with Gasteiger partial charge in [-0.2, -0.15) is 0 Å². The second-order valence-electron chi connectivity index (χ2n) is 9.78.